The van der Waals surface area contributed by atoms with E-state index in [1.165, 1.54) is 11.3 Å². The summed E-state index contributed by atoms with van der Waals surface area (Å²) in [6.45, 7) is 0. The summed E-state index contributed by atoms with van der Waals surface area (Å²) in [5, 5.41) is 14.2. The third-order valence-electron chi connectivity index (χ3n) is 6.81. The van der Waals surface area contributed by atoms with Gasteiger partial charge >= 0.3 is 6.09 Å². The van der Waals surface area contributed by atoms with E-state index in [1.54, 1.807) is 59.0 Å². The molecule has 0 spiro atoms. The molecule has 1 amide bonds. The van der Waals surface area contributed by atoms with Crippen molar-refractivity contribution < 1.29 is 9.90 Å². The first-order valence-electron chi connectivity index (χ1n) is 11.8. The fourth-order valence-corrected chi connectivity index (χ4v) is 6.17. The van der Waals surface area contributed by atoms with E-state index >= 15 is 0 Å². The van der Waals surface area contributed by atoms with Crippen molar-refractivity contribution in [2.75, 3.05) is 0 Å². The Morgan fingerprint density at radius 2 is 1.76 bits per heavy atom. The van der Waals surface area contributed by atoms with Gasteiger partial charge in [-0.2, -0.15) is 0 Å². The van der Waals surface area contributed by atoms with E-state index in [0.717, 1.165) is 32.1 Å². The van der Waals surface area contributed by atoms with Gasteiger partial charge in [0, 0.05) is 35.4 Å². The molecule has 5 aromatic rings. The largest absolute Gasteiger partial charge is 0.465 e. The molecule has 10 heteroatoms. The number of amides is 1. The second kappa shape index (κ2) is 10.3. The molecule has 5 rings (SSSR count). The van der Waals surface area contributed by atoms with E-state index < -0.39 is 11.6 Å². The van der Waals surface area contributed by atoms with Crippen molar-refractivity contribution in [3.63, 3.8) is 0 Å². The molecule has 3 heterocycles. The number of nitrogens with one attached hydrogen (secondary N) is 1. The van der Waals surface area contributed by atoms with Crippen molar-refractivity contribution in [2.45, 2.75) is 18.4 Å². The van der Waals surface area contributed by atoms with Gasteiger partial charge in [0.25, 0.3) is 5.56 Å². The Morgan fingerprint density at radius 3 is 2.39 bits per heavy atom. The van der Waals surface area contributed by atoms with Crippen molar-refractivity contribution >= 4 is 51.5 Å². The number of fused-ring (bicyclic) bond motifs is 1. The SMILES string of the molecule is Cn1cncc1C(NC(=O)O)(c1ccc(Cl)cc1)c1ccc2c(c1)c(CCc1ccc(Cl)s1)cc(=O)n2C. The predicted octanol–water partition coefficient (Wildman–Crippen LogP) is 5.99. The Kier molecular flexibility index (Phi) is 7.05. The molecule has 38 heavy (non-hydrogen) atoms. The molecule has 3 aromatic heterocycles. The van der Waals surface area contributed by atoms with E-state index in [0.29, 0.717) is 28.3 Å². The predicted molar refractivity (Wildman–Crippen MR) is 152 cm³/mol. The number of thiophene rings is 1. The lowest BCUT2D eigenvalue weighted by molar-refractivity contribution is 0.185. The number of nitrogens with zero attached hydrogens (tertiary/aromatic N) is 3. The molecule has 0 saturated heterocycles. The number of imidazole rings is 1. The molecule has 2 aromatic carbocycles. The number of aromatic nitrogens is 3. The summed E-state index contributed by atoms with van der Waals surface area (Å²) in [5.41, 5.74) is 2.20. The highest BCUT2D eigenvalue weighted by molar-refractivity contribution is 7.16. The average molecular weight is 567 g/mol. The highest BCUT2D eigenvalue weighted by Crippen LogP contribution is 2.39. The first-order chi connectivity index (χ1) is 18.2. The normalized spacial score (nSPS) is 12.9. The number of aryl methyl sites for hydroxylation is 4. The number of halogens is 2. The van der Waals surface area contributed by atoms with E-state index in [4.69, 9.17) is 23.2 Å². The summed E-state index contributed by atoms with van der Waals surface area (Å²) in [6.07, 6.45) is 3.43. The van der Waals surface area contributed by atoms with Crippen molar-refractivity contribution in [1.29, 1.82) is 0 Å². The lowest BCUT2D eigenvalue weighted by Crippen LogP contribution is -2.48. The molecule has 0 saturated carbocycles. The van der Waals surface area contributed by atoms with Gasteiger partial charge < -0.3 is 19.6 Å². The highest BCUT2D eigenvalue weighted by Gasteiger charge is 2.41. The second-order valence-corrected chi connectivity index (χ2v) is 11.3. The first-order valence-corrected chi connectivity index (χ1v) is 13.4. The smallest absolute Gasteiger partial charge is 0.405 e. The van der Waals surface area contributed by atoms with Gasteiger partial charge in [0.05, 0.1) is 28.1 Å². The van der Waals surface area contributed by atoms with Crippen molar-refractivity contribution in [3.05, 3.63) is 120 Å². The van der Waals surface area contributed by atoms with Gasteiger partial charge in [0.15, 0.2) is 0 Å². The molecule has 194 valence electrons. The molecule has 1 atom stereocenters. The standard InChI is InChI=1S/C28H24Cl2N4O3S/c1-33-16-31-15-24(33)28(32-27(36)37,18-4-7-20(29)8-5-18)19-6-11-23-22(14-19)17(13-26(35)34(23)2)3-9-21-10-12-25(30)38-21/h4-8,10-16,32H,3,9H2,1-2H3,(H,36,37). The maximum absolute atomic E-state index is 12.8. The summed E-state index contributed by atoms with van der Waals surface area (Å²) in [7, 11) is 3.55. The topological polar surface area (TPSA) is 89.2 Å². The van der Waals surface area contributed by atoms with Crippen molar-refractivity contribution in [2.24, 2.45) is 14.1 Å². The molecule has 0 fully saturated rings. The number of hydrogen-bond donors (Lipinski definition) is 2. The molecule has 0 aliphatic heterocycles. The fourth-order valence-electron chi connectivity index (χ4n) is 4.96. The molecular weight excluding hydrogens is 543 g/mol. The Labute approximate surface area is 232 Å². The van der Waals surface area contributed by atoms with Gasteiger partial charge in [-0.15, -0.1) is 11.3 Å². The lowest BCUT2D eigenvalue weighted by Gasteiger charge is -2.35. The van der Waals surface area contributed by atoms with Gasteiger partial charge in [0.2, 0.25) is 0 Å². The summed E-state index contributed by atoms with van der Waals surface area (Å²) in [4.78, 5) is 30.5. The lowest BCUT2D eigenvalue weighted by atomic mass is 9.79. The quantitative estimate of drug-likeness (QED) is 0.253. The molecule has 0 radical (unpaired) electrons. The minimum absolute atomic E-state index is 0.108. The summed E-state index contributed by atoms with van der Waals surface area (Å²) >= 11 is 13.8. The number of carbonyl (C=O) groups is 1. The highest BCUT2D eigenvalue weighted by atomic mass is 35.5. The van der Waals surface area contributed by atoms with Crippen LogP contribution in [-0.4, -0.2) is 25.3 Å². The van der Waals surface area contributed by atoms with E-state index in [-0.39, 0.29) is 5.56 Å². The van der Waals surface area contributed by atoms with Crippen LogP contribution >= 0.6 is 34.5 Å². The average Bonchev–Trinajstić information content (AvgIpc) is 3.51. The van der Waals surface area contributed by atoms with Crippen molar-refractivity contribution in [3.8, 4) is 0 Å². The minimum atomic E-state index is -1.30. The van der Waals surface area contributed by atoms with Crippen LogP contribution in [0, 0.1) is 0 Å². The number of carboxylic acid groups (broad SMARTS) is 1. The monoisotopic (exact) mass is 566 g/mol. The van der Waals surface area contributed by atoms with Crippen LogP contribution in [-0.2, 0) is 32.5 Å². The zero-order chi connectivity index (χ0) is 27.0. The Morgan fingerprint density at radius 1 is 1.03 bits per heavy atom. The molecule has 2 N–H and O–H groups in total. The Balaban J connectivity index is 1.76. The van der Waals surface area contributed by atoms with E-state index in [1.807, 2.05) is 37.4 Å². The maximum Gasteiger partial charge on any atom is 0.405 e. The number of benzene rings is 2. The molecule has 7 nitrogen and oxygen atoms in total. The van der Waals surface area contributed by atoms with Crippen LogP contribution in [0.1, 0.15) is 27.3 Å². The number of rotatable bonds is 7. The Hall–Kier alpha value is -3.59. The zero-order valence-electron chi connectivity index (χ0n) is 20.6. The van der Waals surface area contributed by atoms with Gasteiger partial charge in [0.1, 0.15) is 5.54 Å². The molecule has 0 aliphatic carbocycles. The minimum Gasteiger partial charge on any atom is -0.465 e. The third kappa shape index (κ3) is 4.71. The van der Waals surface area contributed by atoms with Crippen LogP contribution in [0.15, 0.2) is 78.0 Å². The van der Waals surface area contributed by atoms with Gasteiger partial charge in [-0.05, 0) is 65.9 Å². The molecule has 0 bridgehead atoms. The summed E-state index contributed by atoms with van der Waals surface area (Å²) < 4.78 is 4.11. The molecule has 0 aliphatic rings. The van der Waals surface area contributed by atoms with Gasteiger partial charge in [-0.1, -0.05) is 41.4 Å². The van der Waals surface area contributed by atoms with Crippen molar-refractivity contribution in [1.82, 2.24) is 19.4 Å². The summed E-state index contributed by atoms with van der Waals surface area (Å²) in [5.74, 6) is 0. The summed E-state index contributed by atoms with van der Waals surface area (Å²) in [6, 6.07) is 18.3. The van der Waals surface area contributed by atoms with E-state index in [2.05, 4.69) is 10.3 Å². The Bertz CT molecular complexity index is 1710. The zero-order valence-corrected chi connectivity index (χ0v) is 22.9. The maximum atomic E-state index is 12.8. The number of pyridine rings is 1. The first kappa shape index (κ1) is 26.0. The van der Waals surface area contributed by atoms with Gasteiger partial charge in [-0.3, -0.25) is 4.79 Å². The molecular formula is C28H24Cl2N4O3S. The second-order valence-electron chi connectivity index (χ2n) is 9.08. The van der Waals surface area contributed by atoms with Crippen LogP contribution in [0.2, 0.25) is 9.36 Å². The van der Waals surface area contributed by atoms with Crippen LogP contribution < -0.4 is 10.9 Å². The number of hydrogen-bond acceptors (Lipinski definition) is 4. The van der Waals surface area contributed by atoms with Crippen LogP contribution in [0.3, 0.4) is 0 Å². The van der Waals surface area contributed by atoms with Crippen LogP contribution in [0.4, 0.5) is 4.79 Å². The van der Waals surface area contributed by atoms with Gasteiger partial charge in [-0.25, -0.2) is 9.78 Å². The van der Waals surface area contributed by atoms with E-state index in [9.17, 15) is 14.7 Å². The third-order valence-corrected chi connectivity index (χ3v) is 8.35. The fraction of sp³-hybridized carbons (Fsp3) is 0.179. The molecule has 1 unspecified atom stereocenters. The van der Waals surface area contributed by atoms with Crippen LogP contribution in [0.5, 0.6) is 0 Å². The van der Waals surface area contributed by atoms with Crippen LogP contribution in [0.25, 0.3) is 10.9 Å².